The number of halogens is 1. The molecule has 0 aromatic heterocycles. The normalized spacial score (nSPS) is 25.8. The molecule has 5 aliphatic heterocycles. The van der Waals surface area contributed by atoms with Crippen LogP contribution in [0.1, 0.15) is 60.9 Å². The lowest BCUT2D eigenvalue weighted by Crippen LogP contribution is -2.54. The lowest BCUT2D eigenvalue weighted by atomic mass is 9.80. The van der Waals surface area contributed by atoms with Crippen LogP contribution in [-0.4, -0.2) is 121 Å². The van der Waals surface area contributed by atoms with Gasteiger partial charge in [-0.25, -0.2) is 4.39 Å². The van der Waals surface area contributed by atoms with Crippen molar-refractivity contribution in [2.75, 3.05) is 66.0 Å². The number of rotatable bonds is 7. The van der Waals surface area contributed by atoms with Crippen LogP contribution in [0.4, 0.5) is 4.39 Å². The predicted octanol–water partition coefficient (Wildman–Crippen LogP) is 2.90. The van der Waals surface area contributed by atoms with Crippen molar-refractivity contribution in [3.8, 4) is 5.75 Å². The molecule has 0 radical (unpaired) electrons. The highest BCUT2D eigenvalue weighted by molar-refractivity contribution is 5.94. The molecule has 0 spiro atoms. The van der Waals surface area contributed by atoms with E-state index in [0.717, 1.165) is 64.0 Å². The Morgan fingerprint density at radius 1 is 0.960 bits per heavy atom. The van der Waals surface area contributed by atoms with Crippen LogP contribution in [0.3, 0.4) is 0 Å². The molecule has 2 bridgehead atoms. The smallest absolute Gasteiger partial charge is 0.251 e. The summed E-state index contributed by atoms with van der Waals surface area (Å²) in [5, 5.41) is 5.90. The van der Waals surface area contributed by atoms with E-state index >= 15 is 0 Å². The third-order valence-corrected chi connectivity index (χ3v) is 11.1. The molecule has 5 fully saturated rings. The fraction of sp³-hybridized carbons (Fsp3) is 0.579. The number of carbonyl (C=O) groups excluding carboxylic acids is 4. The number of nitrogens with zero attached hydrogens (tertiary/aromatic N) is 4. The average Bonchev–Trinajstić information content (AvgIpc) is 3.62. The van der Waals surface area contributed by atoms with Crippen molar-refractivity contribution in [1.82, 2.24) is 30.2 Å². The minimum Gasteiger partial charge on any atom is -0.497 e. The molecule has 2 aromatic carbocycles. The number of ether oxygens (including phenoxy) is 1. The molecule has 11 nitrogen and oxygen atoms in total. The van der Waals surface area contributed by atoms with E-state index in [0.29, 0.717) is 38.0 Å². The summed E-state index contributed by atoms with van der Waals surface area (Å²) in [5.41, 5.74) is 1.51. The lowest BCUT2D eigenvalue weighted by molar-refractivity contribution is -0.141. The quantitative estimate of drug-likeness (QED) is 0.460. The topological polar surface area (TPSA) is 115 Å². The maximum atomic E-state index is 14.1. The van der Waals surface area contributed by atoms with Crippen LogP contribution >= 0.6 is 0 Å². The zero-order chi connectivity index (χ0) is 35.0. The van der Waals surface area contributed by atoms with Crippen LogP contribution < -0.4 is 15.4 Å². The Hall–Kier alpha value is -4.03. The van der Waals surface area contributed by atoms with Gasteiger partial charge in [-0.05, 0) is 105 Å². The SMILES string of the molecule is COc1cccc(CN2CC[C@H]3CC(=O)N4CCC(CC4)N4CCC[C@H]4C(=O)N(CCNC(=O)c4ccc(F)cc4)CC(=O)NCC[C@H]3C2)c1. The summed E-state index contributed by atoms with van der Waals surface area (Å²) in [4.78, 5) is 62.2. The zero-order valence-corrected chi connectivity index (χ0v) is 29.2. The number of nitrogens with one attached hydrogen (secondary N) is 2. The van der Waals surface area contributed by atoms with Crippen molar-refractivity contribution in [1.29, 1.82) is 0 Å². The molecule has 5 saturated heterocycles. The van der Waals surface area contributed by atoms with Gasteiger partial charge >= 0.3 is 0 Å². The van der Waals surface area contributed by atoms with Crippen molar-refractivity contribution in [2.45, 2.75) is 63.6 Å². The van der Waals surface area contributed by atoms with Gasteiger partial charge in [0, 0.05) is 63.8 Å². The molecule has 2 N–H and O–H groups in total. The second-order valence-corrected chi connectivity index (χ2v) is 14.3. The van der Waals surface area contributed by atoms with Crippen LogP contribution in [0.15, 0.2) is 48.5 Å². The van der Waals surface area contributed by atoms with Gasteiger partial charge in [-0.15, -0.1) is 0 Å². The summed E-state index contributed by atoms with van der Waals surface area (Å²) >= 11 is 0. The largest absolute Gasteiger partial charge is 0.497 e. The number of likely N-dealkylation sites (tertiary alicyclic amines) is 1. The first-order valence-electron chi connectivity index (χ1n) is 18.3. The minimum absolute atomic E-state index is 0.0947. The Bertz CT molecular complexity index is 1500. The van der Waals surface area contributed by atoms with E-state index < -0.39 is 5.82 Å². The molecule has 3 atom stereocenters. The average molecular weight is 691 g/mol. The number of amides is 4. The Balaban J connectivity index is 1.15. The van der Waals surface area contributed by atoms with Gasteiger partial charge in [0.05, 0.1) is 19.7 Å². The van der Waals surface area contributed by atoms with E-state index in [1.165, 1.54) is 29.8 Å². The molecule has 50 heavy (non-hydrogen) atoms. The summed E-state index contributed by atoms with van der Waals surface area (Å²) in [6.07, 6.45) is 5.45. The van der Waals surface area contributed by atoms with E-state index in [1.54, 1.807) is 12.0 Å². The Morgan fingerprint density at radius 2 is 1.76 bits per heavy atom. The van der Waals surface area contributed by atoms with E-state index in [2.05, 4.69) is 32.6 Å². The maximum Gasteiger partial charge on any atom is 0.251 e. The lowest BCUT2D eigenvalue weighted by Gasteiger charge is -2.41. The monoisotopic (exact) mass is 690 g/mol. The van der Waals surface area contributed by atoms with Gasteiger partial charge in [0.15, 0.2) is 0 Å². The van der Waals surface area contributed by atoms with Gasteiger partial charge in [0.1, 0.15) is 11.6 Å². The number of hydrogen-bond acceptors (Lipinski definition) is 7. The molecule has 5 aliphatic rings. The maximum absolute atomic E-state index is 14.1. The second kappa shape index (κ2) is 16.8. The number of fused-ring (bicyclic) bond motifs is 9. The molecule has 0 saturated carbocycles. The van der Waals surface area contributed by atoms with Crippen LogP contribution in [0.2, 0.25) is 0 Å². The summed E-state index contributed by atoms with van der Waals surface area (Å²) in [6, 6.07) is 13.3. The third kappa shape index (κ3) is 9.00. The van der Waals surface area contributed by atoms with E-state index in [-0.39, 0.29) is 67.2 Å². The van der Waals surface area contributed by atoms with Crippen LogP contribution in [0.5, 0.6) is 5.75 Å². The summed E-state index contributed by atoms with van der Waals surface area (Å²) in [7, 11) is 1.67. The highest BCUT2D eigenvalue weighted by Crippen LogP contribution is 2.32. The van der Waals surface area contributed by atoms with Crippen LogP contribution in [-0.2, 0) is 20.9 Å². The van der Waals surface area contributed by atoms with Crippen molar-refractivity contribution in [3.05, 3.63) is 65.5 Å². The summed E-state index contributed by atoms with van der Waals surface area (Å²) in [6.45, 7) is 5.43. The van der Waals surface area contributed by atoms with Crippen molar-refractivity contribution < 1.29 is 28.3 Å². The molecule has 2 aromatic rings. The Kier molecular flexibility index (Phi) is 12.0. The summed E-state index contributed by atoms with van der Waals surface area (Å²) in [5.74, 6) is 0.399. The van der Waals surface area contributed by atoms with Gasteiger partial charge in [-0.2, -0.15) is 0 Å². The minimum atomic E-state index is -0.422. The molecule has 4 amide bonds. The van der Waals surface area contributed by atoms with Gasteiger partial charge in [-0.3, -0.25) is 29.0 Å². The Labute approximate surface area is 294 Å². The van der Waals surface area contributed by atoms with E-state index in [4.69, 9.17) is 4.74 Å². The first kappa shape index (κ1) is 35.8. The number of carbonyl (C=O) groups is 4. The predicted molar refractivity (Wildman–Crippen MR) is 187 cm³/mol. The fourth-order valence-electron chi connectivity index (χ4n) is 8.33. The van der Waals surface area contributed by atoms with Crippen LogP contribution in [0, 0.1) is 17.7 Å². The van der Waals surface area contributed by atoms with Gasteiger partial charge < -0.3 is 25.2 Å². The van der Waals surface area contributed by atoms with Crippen LogP contribution in [0.25, 0.3) is 0 Å². The molecule has 12 heteroatoms. The Morgan fingerprint density at radius 3 is 2.54 bits per heavy atom. The zero-order valence-electron chi connectivity index (χ0n) is 29.2. The van der Waals surface area contributed by atoms with E-state index in [9.17, 15) is 23.6 Å². The molecule has 5 heterocycles. The first-order chi connectivity index (χ1) is 24.3. The van der Waals surface area contributed by atoms with Gasteiger partial charge in [0.2, 0.25) is 17.7 Å². The number of hydrogen-bond donors (Lipinski definition) is 2. The molecule has 7 rings (SSSR count). The molecule has 0 unspecified atom stereocenters. The summed E-state index contributed by atoms with van der Waals surface area (Å²) < 4.78 is 18.8. The first-order valence-corrected chi connectivity index (χ1v) is 18.3. The molecule has 0 aliphatic carbocycles. The van der Waals surface area contributed by atoms with Crippen molar-refractivity contribution in [3.63, 3.8) is 0 Å². The van der Waals surface area contributed by atoms with E-state index in [1.807, 2.05) is 17.0 Å². The van der Waals surface area contributed by atoms with Crippen molar-refractivity contribution >= 4 is 23.6 Å². The molecular weight excluding hydrogens is 639 g/mol. The molecular formula is C38H51FN6O5. The standard InChI is InChI=1S/C38H51FN6O5/c1-50-33-5-2-4-27(22-33)24-42-18-12-29-23-36(47)43-19-13-32(14-20-43)45-17-3-6-34(45)38(49)44(26-35(46)40-15-11-30(29)25-42)21-16-41-37(48)28-7-9-31(39)10-8-28/h2,4-5,7-10,22,29-30,32,34H,3,6,11-21,23-26H2,1H3,(H,40,46)(H,41,48)/t29-,30-,34-/m0/s1. The number of piperidine rings is 2. The number of methoxy groups -OCH3 is 1. The second-order valence-electron chi connectivity index (χ2n) is 14.3. The molecule has 270 valence electrons. The van der Waals surface area contributed by atoms with Gasteiger partial charge in [-0.1, -0.05) is 12.1 Å². The number of benzene rings is 2. The highest BCUT2D eigenvalue weighted by atomic mass is 19.1. The fourth-order valence-corrected chi connectivity index (χ4v) is 8.33. The highest BCUT2D eigenvalue weighted by Gasteiger charge is 2.40. The third-order valence-electron chi connectivity index (χ3n) is 11.1. The van der Waals surface area contributed by atoms with Crippen molar-refractivity contribution in [2.24, 2.45) is 11.8 Å². The van der Waals surface area contributed by atoms with Gasteiger partial charge in [0.25, 0.3) is 5.91 Å².